The summed E-state index contributed by atoms with van der Waals surface area (Å²) in [5.74, 6) is 0.800. The van der Waals surface area contributed by atoms with E-state index in [9.17, 15) is 0 Å². The van der Waals surface area contributed by atoms with Crippen molar-refractivity contribution in [2.24, 2.45) is 5.73 Å². The zero-order valence-corrected chi connectivity index (χ0v) is 15.1. The van der Waals surface area contributed by atoms with Crippen LogP contribution in [0.25, 0.3) is 11.0 Å². The van der Waals surface area contributed by atoms with E-state index in [-0.39, 0.29) is 11.1 Å². The zero-order chi connectivity index (χ0) is 16.4. The van der Waals surface area contributed by atoms with Gasteiger partial charge in [0.15, 0.2) is 8.32 Å². The maximum atomic E-state index is 6.31. The van der Waals surface area contributed by atoms with Crippen LogP contribution in [0.1, 0.15) is 20.8 Å². The van der Waals surface area contributed by atoms with Crippen LogP contribution < -0.4 is 10.5 Å². The maximum absolute atomic E-state index is 6.31. The molecule has 122 valence electrons. The van der Waals surface area contributed by atoms with Gasteiger partial charge in [0.05, 0.1) is 23.5 Å². The Morgan fingerprint density at radius 1 is 1.32 bits per heavy atom. The van der Waals surface area contributed by atoms with Crippen molar-refractivity contribution in [2.75, 3.05) is 13.2 Å². The number of hydrogen-bond donors (Lipinski definition) is 2. The molecular formula is C16H27N3O2Si. The fraction of sp³-hybridized carbons (Fsp3) is 0.562. The topological polar surface area (TPSA) is 73.2 Å². The Kier molecular flexibility index (Phi) is 4.94. The highest BCUT2D eigenvalue weighted by molar-refractivity contribution is 6.74. The van der Waals surface area contributed by atoms with Gasteiger partial charge in [0, 0.05) is 12.6 Å². The van der Waals surface area contributed by atoms with Crippen LogP contribution in [-0.2, 0) is 4.43 Å². The Labute approximate surface area is 133 Å². The van der Waals surface area contributed by atoms with Crippen molar-refractivity contribution in [1.82, 2.24) is 9.97 Å². The second-order valence-corrected chi connectivity index (χ2v) is 11.9. The van der Waals surface area contributed by atoms with Crippen LogP contribution in [0.5, 0.6) is 5.75 Å². The number of imidazole rings is 1. The SMILES string of the molecule is CC(C)(C)[Si](C)(C)O[C@@H](CN)COc1ccc2nc[nH]c2c1. The van der Waals surface area contributed by atoms with Crippen molar-refractivity contribution in [3.63, 3.8) is 0 Å². The third kappa shape index (κ3) is 3.88. The highest BCUT2D eigenvalue weighted by atomic mass is 28.4. The highest BCUT2D eigenvalue weighted by Crippen LogP contribution is 2.37. The van der Waals surface area contributed by atoms with Gasteiger partial charge in [-0.3, -0.25) is 0 Å². The number of ether oxygens (including phenoxy) is 1. The summed E-state index contributed by atoms with van der Waals surface area (Å²) >= 11 is 0. The normalized spacial score (nSPS) is 14.3. The number of aromatic amines is 1. The first-order valence-corrected chi connectivity index (χ1v) is 10.6. The van der Waals surface area contributed by atoms with Gasteiger partial charge < -0.3 is 19.9 Å². The van der Waals surface area contributed by atoms with Crippen LogP contribution >= 0.6 is 0 Å². The van der Waals surface area contributed by atoms with Gasteiger partial charge in [-0.15, -0.1) is 0 Å². The largest absolute Gasteiger partial charge is 0.491 e. The molecule has 0 saturated heterocycles. The van der Waals surface area contributed by atoms with Crippen molar-refractivity contribution in [1.29, 1.82) is 0 Å². The summed E-state index contributed by atoms with van der Waals surface area (Å²) in [5, 5.41) is 0.162. The van der Waals surface area contributed by atoms with E-state index in [2.05, 4.69) is 43.8 Å². The molecule has 0 fully saturated rings. The summed E-state index contributed by atoms with van der Waals surface area (Å²) in [6.07, 6.45) is 1.59. The van der Waals surface area contributed by atoms with E-state index in [1.54, 1.807) is 6.33 Å². The average molecular weight is 321 g/mol. The molecule has 0 spiro atoms. The van der Waals surface area contributed by atoms with Crippen LogP contribution in [0.15, 0.2) is 24.5 Å². The number of nitrogens with one attached hydrogen (secondary N) is 1. The number of hydrogen-bond acceptors (Lipinski definition) is 4. The molecule has 6 heteroatoms. The van der Waals surface area contributed by atoms with Crippen molar-refractivity contribution in [3.8, 4) is 5.75 Å². The molecular weight excluding hydrogens is 294 g/mol. The second kappa shape index (κ2) is 6.40. The van der Waals surface area contributed by atoms with Crippen molar-refractivity contribution < 1.29 is 9.16 Å². The van der Waals surface area contributed by atoms with Gasteiger partial charge in [0.1, 0.15) is 12.4 Å². The molecule has 0 radical (unpaired) electrons. The minimum atomic E-state index is -1.84. The summed E-state index contributed by atoms with van der Waals surface area (Å²) < 4.78 is 12.2. The molecule has 1 atom stereocenters. The highest BCUT2D eigenvalue weighted by Gasteiger charge is 2.39. The Morgan fingerprint density at radius 2 is 2.05 bits per heavy atom. The van der Waals surface area contributed by atoms with E-state index in [1.807, 2.05) is 18.2 Å². The molecule has 2 aromatic rings. The first kappa shape index (κ1) is 17.0. The first-order chi connectivity index (χ1) is 10.2. The summed E-state index contributed by atoms with van der Waals surface area (Å²) in [7, 11) is -1.84. The lowest BCUT2D eigenvalue weighted by Crippen LogP contribution is -2.47. The summed E-state index contributed by atoms with van der Waals surface area (Å²) in [6.45, 7) is 12.0. The van der Waals surface area contributed by atoms with E-state index in [4.69, 9.17) is 14.9 Å². The number of fused-ring (bicyclic) bond motifs is 1. The minimum Gasteiger partial charge on any atom is -0.491 e. The average Bonchev–Trinajstić information content (AvgIpc) is 2.89. The lowest BCUT2D eigenvalue weighted by molar-refractivity contribution is 0.121. The van der Waals surface area contributed by atoms with Gasteiger partial charge in [-0.25, -0.2) is 4.98 Å². The number of nitrogens with zero attached hydrogens (tertiary/aromatic N) is 1. The molecule has 1 aromatic carbocycles. The third-order valence-electron chi connectivity index (χ3n) is 4.36. The standard InChI is InChI=1S/C16H27N3O2Si/c1-16(2,3)22(4,5)21-13(9-17)10-20-12-6-7-14-15(8-12)19-11-18-14/h6-8,11,13H,9-10,17H2,1-5H3,(H,18,19)/t13-/m0/s1. The van der Waals surface area contributed by atoms with Crippen molar-refractivity contribution >= 4 is 19.4 Å². The van der Waals surface area contributed by atoms with E-state index < -0.39 is 8.32 Å². The number of nitrogens with two attached hydrogens (primary N) is 1. The van der Waals surface area contributed by atoms with E-state index in [1.165, 1.54) is 0 Å². The smallest absolute Gasteiger partial charge is 0.192 e. The third-order valence-corrected chi connectivity index (χ3v) is 8.89. The minimum absolute atomic E-state index is 0.0849. The Hall–Kier alpha value is -1.37. The van der Waals surface area contributed by atoms with E-state index in [0.29, 0.717) is 13.2 Å². The second-order valence-electron chi connectivity index (χ2n) is 7.13. The van der Waals surface area contributed by atoms with Crippen LogP contribution in [0, 0.1) is 0 Å². The van der Waals surface area contributed by atoms with Crippen LogP contribution in [0.4, 0.5) is 0 Å². The van der Waals surface area contributed by atoms with Crippen molar-refractivity contribution in [2.45, 2.75) is 45.0 Å². The molecule has 0 aliphatic carbocycles. The van der Waals surface area contributed by atoms with E-state index >= 15 is 0 Å². The molecule has 3 N–H and O–H groups in total. The molecule has 0 aliphatic heterocycles. The molecule has 0 amide bonds. The van der Waals surface area contributed by atoms with Gasteiger partial charge in [-0.1, -0.05) is 20.8 Å². The summed E-state index contributed by atoms with van der Waals surface area (Å²) in [6, 6.07) is 5.80. The molecule has 2 rings (SSSR count). The number of rotatable bonds is 6. The molecule has 0 aliphatic rings. The van der Waals surface area contributed by atoms with Gasteiger partial charge in [-0.05, 0) is 30.3 Å². The molecule has 22 heavy (non-hydrogen) atoms. The van der Waals surface area contributed by atoms with Crippen LogP contribution in [-0.4, -0.2) is 37.5 Å². The van der Waals surface area contributed by atoms with Crippen LogP contribution in [0.3, 0.4) is 0 Å². The molecule has 0 saturated carbocycles. The number of benzene rings is 1. The maximum Gasteiger partial charge on any atom is 0.192 e. The Morgan fingerprint density at radius 3 is 2.68 bits per heavy atom. The number of aromatic nitrogens is 2. The molecule has 1 aromatic heterocycles. The first-order valence-electron chi connectivity index (χ1n) is 7.67. The van der Waals surface area contributed by atoms with E-state index in [0.717, 1.165) is 16.8 Å². The van der Waals surface area contributed by atoms with Gasteiger partial charge >= 0.3 is 0 Å². The molecule has 1 heterocycles. The lowest BCUT2D eigenvalue weighted by atomic mass is 10.2. The molecule has 0 bridgehead atoms. The zero-order valence-electron chi connectivity index (χ0n) is 14.1. The quantitative estimate of drug-likeness (QED) is 0.801. The fourth-order valence-electron chi connectivity index (χ4n) is 1.94. The predicted molar refractivity (Wildman–Crippen MR) is 92.7 cm³/mol. The monoisotopic (exact) mass is 321 g/mol. The van der Waals surface area contributed by atoms with Gasteiger partial charge in [-0.2, -0.15) is 0 Å². The summed E-state index contributed by atoms with van der Waals surface area (Å²) in [4.78, 5) is 7.28. The van der Waals surface area contributed by atoms with Gasteiger partial charge in [0.25, 0.3) is 0 Å². The Balaban J connectivity index is 1.98. The number of H-pyrrole nitrogens is 1. The fourth-order valence-corrected chi connectivity index (χ4v) is 3.29. The van der Waals surface area contributed by atoms with Crippen LogP contribution in [0.2, 0.25) is 18.1 Å². The van der Waals surface area contributed by atoms with Crippen molar-refractivity contribution in [3.05, 3.63) is 24.5 Å². The lowest BCUT2D eigenvalue weighted by Gasteiger charge is -2.38. The predicted octanol–water partition coefficient (Wildman–Crippen LogP) is 3.29. The summed E-state index contributed by atoms with van der Waals surface area (Å²) in [5.41, 5.74) is 7.76. The van der Waals surface area contributed by atoms with Gasteiger partial charge in [0.2, 0.25) is 0 Å². The molecule has 0 unspecified atom stereocenters. The molecule has 5 nitrogen and oxygen atoms in total. The Bertz CT molecular complexity index is 619.